The molecule has 0 saturated heterocycles. The van der Waals surface area contributed by atoms with Gasteiger partial charge < -0.3 is 15.6 Å². The third-order valence-electron chi connectivity index (χ3n) is 2.30. The lowest BCUT2D eigenvalue weighted by Gasteiger charge is -2.15. The van der Waals surface area contributed by atoms with E-state index in [9.17, 15) is 9.59 Å². The summed E-state index contributed by atoms with van der Waals surface area (Å²) in [6.07, 6.45) is -0.645. The van der Waals surface area contributed by atoms with Crippen molar-refractivity contribution < 1.29 is 19.4 Å². The second-order valence-corrected chi connectivity index (χ2v) is 3.66. The number of ketones is 1. The molecule has 1 aromatic carbocycles. The maximum absolute atomic E-state index is 11.4. The van der Waals surface area contributed by atoms with E-state index >= 15 is 0 Å². The number of hydrogen-bond donors (Lipinski definition) is 2. The van der Waals surface area contributed by atoms with E-state index in [0.717, 1.165) is 0 Å². The predicted octanol–water partition coefficient (Wildman–Crippen LogP) is 1.71. The molecule has 0 aliphatic rings. The summed E-state index contributed by atoms with van der Waals surface area (Å²) in [5.41, 5.74) is 6.30. The molecule has 0 radical (unpaired) electrons. The first-order valence-electron chi connectivity index (χ1n) is 5.25. The summed E-state index contributed by atoms with van der Waals surface area (Å²) in [5, 5.41) is 8.88. The number of carboxylic acid groups (broad SMARTS) is 1. The van der Waals surface area contributed by atoms with Crippen LogP contribution in [-0.4, -0.2) is 23.0 Å². The van der Waals surface area contributed by atoms with Gasteiger partial charge in [0.2, 0.25) is 0 Å². The van der Waals surface area contributed by atoms with Crippen LogP contribution in [0, 0.1) is 0 Å². The van der Waals surface area contributed by atoms with Gasteiger partial charge in [0.1, 0.15) is 5.75 Å². The van der Waals surface area contributed by atoms with Gasteiger partial charge in [-0.25, -0.2) is 4.79 Å². The van der Waals surface area contributed by atoms with E-state index in [0.29, 0.717) is 17.7 Å². The van der Waals surface area contributed by atoms with Gasteiger partial charge in [-0.2, -0.15) is 0 Å². The van der Waals surface area contributed by atoms with Gasteiger partial charge in [0.05, 0.1) is 5.56 Å². The fraction of sp³-hybridized carbons (Fsp3) is 0.333. The van der Waals surface area contributed by atoms with Crippen molar-refractivity contribution in [2.75, 3.05) is 5.73 Å². The van der Waals surface area contributed by atoms with Crippen LogP contribution in [0.25, 0.3) is 0 Å². The molecule has 1 aromatic rings. The molecule has 17 heavy (non-hydrogen) atoms. The Bertz CT molecular complexity index is 442. The molecule has 5 heteroatoms. The van der Waals surface area contributed by atoms with Crippen molar-refractivity contribution >= 4 is 17.4 Å². The molecule has 1 atom stereocenters. The minimum absolute atomic E-state index is 0.215. The summed E-state index contributed by atoms with van der Waals surface area (Å²) in [4.78, 5) is 22.2. The SMILES string of the molecule is CCC(Oc1ccc(N)cc1C(C)=O)C(=O)O. The molecular formula is C12H15NO4. The fourth-order valence-electron chi connectivity index (χ4n) is 1.39. The quantitative estimate of drug-likeness (QED) is 0.601. The van der Waals surface area contributed by atoms with E-state index in [4.69, 9.17) is 15.6 Å². The molecular weight excluding hydrogens is 222 g/mol. The minimum Gasteiger partial charge on any atom is -0.479 e. The number of nitrogen functional groups attached to an aromatic ring is 1. The van der Waals surface area contributed by atoms with E-state index < -0.39 is 12.1 Å². The van der Waals surface area contributed by atoms with Gasteiger partial charge in [-0.15, -0.1) is 0 Å². The van der Waals surface area contributed by atoms with Gasteiger partial charge in [0, 0.05) is 5.69 Å². The minimum atomic E-state index is -1.06. The Morgan fingerprint density at radius 2 is 2.12 bits per heavy atom. The van der Waals surface area contributed by atoms with Gasteiger partial charge >= 0.3 is 5.97 Å². The van der Waals surface area contributed by atoms with Gasteiger partial charge in [0.15, 0.2) is 11.9 Å². The maximum Gasteiger partial charge on any atom is 0.344 e. The van der Waals surface area contributed by atoms with Crippen molar-refractivity contribution in [1.82, 2.24) is 0 Å². The van der Waals surface area contributed by atoms with E-state index in [1.807, 2.05) is 0 Å². The molecule has 1 rings (SSSR count). The molecule has 0 heterocycles. The number of Topliss-reactive ketones (excluding diaryl/α,β-unsaturated/α-hetero) is 1. The number of carboxylic acids is 1. The molecule has 92 valence electrons. The van der Waals surface area contributed by atoms with Crippen molar-refractivity contribution in [3.63, 3.8) is 0 Å². The summed E-state index contributed by atoms with van der Waals surface area (Å²) in [6.45, 7) is 3.08. The Morgan fingerprint density at radius 1 is 1.47 bits per heavy atom. The van der Waals surface area contributed by atoms with Gasteiger partial charge in [0.25, 0.3) is 0 Å². The number of rotatable bonds is 5. The smallest absolute Gasteiger partial charge is 0.344 e. The van der Waals surface area contributed by atoms with Crippen LogP contribution >= 0.6 is 0 Å². The lowest BCUT2D eigenvalue weighted by Crippen LogP contribution is -2.26. The zero-order valence-electron chi connectivity index (χ0n) is 9.77. The molecule has 0 fully saturated rings. The van der Waals surface area contributed by atoms with Crippen molar-refractivity contribution in [1.29, 1.82) is 0 Å². The number of ether oxygens (including phenoxy) is 1. The average Bonchev–Trinajstić information content (AvgIpc) is 2.26. The predicted molar refractivity (Wildman–Crippen MR) is 63.2 cm³/mol. The summed E-state index contributed by atoms with van der Waals surface area (Å²) >= 11 is 0. The Hall–Kier alpha value is -2.04. The summed E-state index contributed by atoms with van der Waals surface area (Å²) < 4.78 is 5.30. The molecule has 1 unspecified atom stereocenters. The topological polar surface area (TPSA) is 89.6 Å². The lowest BCUT2D eigenvalue weighted by atomic mass is 10.1. The molecule has 5 nitrogen and oxygen atoms in total. The molecule has 3 N–H and O–H groups in total. The van der Waals surface area contributed by atoms with Crippen LogP contribution in [-0.2, 0) is 4.79 Å². The average molecular weight is 237 g/mol. The lowest BCUT2D eigenvalue weighted by molar-refractivity contribution is -0.145. The fourth-order valence-corrected chi connectivity index (χ4v) is 1.39. The number of benzene rings is 1. The maximum atomic E-state index is 11.4. The first kappa shape index (κ1) is 13.0. The largest absolute Gasteiger partial charge is 0.479 e. The Labute approximate surface area is 99.2 Å². The molecule has 0 amide bonds. The summed E-state index contributed by atoms with van der Waals surface area (Å²) in [7, 11) is 0. The third-order valence-corrected chi connectivity index (χ3v) is 2.30. The van der Waals surface area contributed by atoms with Crippen LogP contribution in [0.5, 0.6) is 5.75 Å². The van der Waals surface area contributed by atoms with Gasteiger partial charge in [-0.05, 0) is 31.5 Å². The highest BCUT2D eigenvalue weighted by Crippen LogP contribution is 2.23. The van der Waals surface area contributed by atoms with Crippen molar-refractivity contribution in [2.45, 2.75) is 26.4 Å². The first-order chi connectivity index (χ1) is 7.95. The van der Waals surface area contributed by atoms with E-state index in [1.165, 1.54) is 19.1 Å². The Kier molecular flexibility index (Phi) is 4.09. The monoisotopic (exact) mass is 237 g/mol. The molecule has 0 aliphatic heterocycles. The molecule has 0 spiro atoms. The number of carbonyl (C=O) groups excluding carboxylic acids is 1. The number of hydrogen-bond acceptors (Lipinski definition) is 4. The first-order valence-corrected chi connectivity index (χ1v) is 5.25. The highest BCUT2D eigenvalue weighted by molar-refractivity contribution is 5.97. The van der Waals surface area contributed by atoms with E-state index in [2.05, 4.69) is 0 Å². The molecule has 0 aromatic heterocycles. The molecule has 0 saturated carbocycles. The Balaban J connectivity index is 3.05. The van der Waals surface area contributed by atoms with Crippen molar-refractivity contribution in [3.8, 4) is 5.75 Å². The van der Waals surface area contributed by atoms with Crippen molar-refractivity contribution in [2.24, 2.45) is 0 Å². The van der Waals surface area contributed by atoms with Crippen LogP contribution < -0.4 is 10.5 Å². The van der Waals surface area contributed by atoms with Crippen LogP contribution in [0.15, 0.2) is 18.2 Å². The zero-order valence-corrected chi connectivity index (χ0v) is 9.77. The van der Waals surface area contributed by atoms with Gasteiger partial charge in [-0.3, -0.25) is 4.79 Å². The van der Waals surface area contributed by atoms with Crippen LogP contribution in [0.3, 0.4) is 0 Å². The zero-order chi connectivity index (χ0) is 13.0. The third kappa shape index (κ3) is 3.21. The highest BCUT2D eigenvalue weighted by atomic mass is 16.5. The highest BCUT2D eigenvalue weighted by Gasteiger charge is 2.19. The normalized spacial score (nSPS) is 11.9. The van der Waals surface area contributed by atoms with Crippen molar-refractivity contribution in [3.05, 3.63) is 23.8 Å². The van der Waals surface area contributed by atoms with E-state index in [1.54, 1.807) is 13.0 Å². The number of carbonyl (C=O) groups is 2. The van der Waals surface area contributed by atoms with Gasteiger partial charge in [-0.1, -0.05) is 6.92 Å². The Morgan fingerprint density at radius 3 is 2.59 bits per heavy atom. The standard InChI is InChI=1S/C12H15NO4/c1-3-10(12(15)16)17-11-5-4-8(13)6-9(11)7(2)14/h4-6,10H,3,13H2,1-2H3,(H,15,16). The van der Waals surface area contributed by atoms with Crippen LogP contribution in [0.1, 0.15) is 30.6 Å². The number of aliphatic carboxylic acids is 1. The summed E-state index contributed by atoms with van der Waals surface area (Å²) in [5.74, 6) is -1.02. The number of anilines is 1. The van der Waals surface area contributed by atoms with Crippen LogP contribution in [0.4, 0.5) is 5.69 Å². The second-order valence-electron chi connectivity index (χ2n) is 3.66. The number of nitrogens with two attached hydrogens (primary N) is 1. The molecule has 0 aliphatic carbocycles. The van der Waals surface area contributed by atoms with E-state index in [-0.39, 0.29) is 11.5 Å². The molecule has 0 bridgehead atoms. The van der Waals surface area contributed by atoms with Crippen LogP contribution in [0.2, 0.25) is 0 Å². The second kappa shape index (κ2) is 5.34. The summed E-state index contributed by atoms with van der Waals surface area (Å²) in [6, 6.07) is 4.56.